The van der Waals surface area contributed by atoms with Crippen molar-refractivity contribution >= 4 is 17.4 Å². The molecule has 0 N–H and O–H groups in total. The van der Waals surface area contributed by atoms with Gasteiger partial charge >= 0.3 is 0 Å². The molecular formula is C9H9ClO. The Kier molecular flexibility index (Phi) is 2.66. The highest BCUT2D eigenvalue weighted by molar-refractivity contribution is 6.30. The molecule has 0 saturated carbocycles. The molecule has 0 spiro atoms. The lowest BCUT2D eigenvalue weighted by Gasteiger charge is -2.03. The maximum Gasteiger partial charge on any atom is 0.152 e. The molecule has 0 radical (unpaired) electrons. The number of hydrogen-bond acceptors (Lipinski definition) is 1. The molecule has 0 bridgehead atoms. The third-order valence-corrected chi connectivity index (χ3v) is 2.01. The van der Waals surface area contributed by atoms with Gasteiger partial charge in [-0.25, -0.2) is 0 Å². The van der Waals surface area contributed by atoms with Crippen LogP contribution in [0.2, 0.25) is 0 Å². The summed E-state index contributed by atoms with van der Waals surface area (Å²) in [7, 11) is 0. The maximum atomic E-state index is 10.8. The fraction of sp³-hybridized carbons (Fsp3) is 0.222. The van der Waals surface area contributed by atoms with Crippen molar-refractivity contribution in [2.45, 2.75) is 12.3 Å². The largest absolute Gasteiger partial charge is 0.298 e. The van der Waals surface area contributed by atoms with Crippen molar-refractivity contribution < 1.29 is 4.79 Å². The van der Waals surface area contributed by atoms with E-state index in [0.717, 1.165) is 5.56 Å². The van der Waals surface area contributed by atoms with Crippen LogP contribution < -0.4 is 0 Å². The van der Waals surface area contributed by atoms with Crippen molar-refractivity contribution in [1.29, 1.82) is 0 Å². The van der Waals surface area contributed by atoms with E-state index in [1.54, 1.807) is 0 Å². The Hall–Kier alpha value is -0.820. The van der Waals surface area contributed by atoms with Crippen molar-refractivity contribution in [2.24, 2.45) is 0 Å². The lowest BCUT2D eigenvalue weighted by Crippen LogP contribution is -2.00. The van der Waals surface area contributed by atoms with Crippen LogP contribution in [0.25, 0.3) is 0 Å². The number of rotatable bonds is 2. The SMILES string of the molecule is CC(=O)[C@H](Cl)c1ccccc1. The second-order valence-electron chi connectivity index (χ2n) is 2.38. The highest BCUT2D eigenvalue weighted by atomic mass is 35.5. The molecule has 1 rings (SSSR count). The molecule has 0 amide bonds. The summed E-state index contributed by atoms with van der Waals surface area (Å²) in [5.74, 6) is -0.0159. The number of hydrogen-bond donors (Lipinski definition) is 0. The summed E-state index contributed by atoms with van der Waals surface area (Å²) in [6, 6.07) is 9.33. The lowest BCUT2D eigenvalue weighted by molar-refractivity contribution is -0.116. The Bertz CT molecular complexity index is 243. The number of carbonyl (C=O) groups excluding carboxylic acids is 1. The molecule has 1 aromatic carbocycles. The predicted octanol–water partition coefficient (Wildman–Crippen LogP) is 2.56. The summed E-state index contributed by atoms with van der Waals surface area (Å²) in [4.78, 5) is 10.8. The van der Waals surface area contributed by atoms with E-state index in [1.807, 2.05) is 30.3 Å². The summed E-state index contributed by atoms with van der Waals surface area (Å²) < 4.78 is 0. The molecule has 1 atom stereocenters. The van der Waals surface area contributed by atoms with Crippen LogP contribution in [0.1, 0.15) is 17.9 Å². The van der Waals surface area contributed by atoms with Gasteiger partial charge in [0.25, 0.3) is 0 Å². The van der Waals surface area contributed by atoms with Gasteiger partial charge in [-0.1, -0.05) is 30.3 Å². The third-order valence-electron chi connectivity index (χ3n) is 1.45. The van der Waals surface area contributed by atoms with Gasteiger partial charge in [-0.2, -0.15) is 0 Å². The number of benzene rings is 1. The van der Waals surface area contributed by atoms with Gasteiger partial charge in [-0.05, 0) is 12.5 Å². The van der Waals surface area contributed by atoms with Crippen LogP contribution in [0.4, 0.5) is 0 Å². The van der Waals surface area contributed by atoms with E-state index in [9.17, 15) is 4.79 Å². The molecule has 1 aromatic rings. The van der Waals surface area contributed by atoms with Crippen LogP contribution in [0.5, 0.6) is 0 Å². The molecule has 0 aliphatic rings. The van der Waals surface area contributed by atoms with Crippen LogP contribution in [0.3, 0.4) is 0 Å². The van der Waals surface area contributed by atoms with Crippen molar-refractivity contribution in [3.8, 4) is 0 Å². The van der Waals surface area contributed by atoms with Crippen molar-refractivity contribution in [1.82, 2.24) is 0 Å². The normalized spacial score (nSPS) is 12.5. The standard InChI is InChI=1S/C9H9ClO/c1-7(11)9(10)8-5-3-2-4-6-8/h2-6,9H,1H3/t9-/m0/s1. The second-order valence-corrected chi connectivity index (χ2v) is 2.82. The molecule has 0 saturated heterocycles. The van der Waals surface area contributed by atoms with Gasteiger partial charge in [-0.3, -0.25) is 4.79 Å². The topological polar surface area (TPSA) is 17.1 Å². The van der Waals surface area contributed by atoms with Crippen LogP contribution in [-0.2, 0) is 4.79 Å². The van der Waals surface area contributed by atoms with Crippen molar-refractivity contribution in [3.05, 3.63) is 35.9 Å². The Morgan fingerprint density at radius 1 is 1.36 bits per heavy atom. The second kappa shape index (κ2) is 3.54. The number of alkyl halides is 1. The molecule has 0 aromatic heterocycles. The highest BCUT2D eigenvalue weighted by Crippen LogP contribution is 2.20. The third kappa shape index (κ3) is 2.05. The van der Waals surface area contributed by atoms with Crippen LogP contribution in [0.15, 0.2) is 30.3 Å². The first-order chi connectivity index (χ1) is 5.22. The van der Waals surface area contributed by atoms with E-state index >= 15 is 0 Å². The van der Waals surface area contributed by atoms with E-state index in [4.69, 9.17) is 11.6 Å². The summed E-state index contributed by atoms with van der Waals surface area (Å²) in [6.07, 6.45) is 0. The molecule has 11 heavy (non-hydrogen) atoms. The number of carbonyl (C=O) groups is 1. The number of ketones is 1. The molecule has 0 unspecified atom stereocenters. The van der Waals surface area contributed by atoms with Gasteiger partial charge in [0.2, 0.25) is 0 Å². The molecule has 2 heteroatoms. The summed E-state index contributed by atoms with van der Waals surface area (Å²) in [5.41, 5.74) is 0.863. The van der Waals surface area contributed by atoms with Gasteiger partial charge in [0.15, 0.2) is 5.78 Å². The first-order valence-corrected chi connectivity index (χ1v) is 3.85. The fourth-order valence-electron chi connectivity index (χ4n) is 0.857. The van der Waals surface area contributed by atoms with Crippen LogP contribution in [-0.4, -0.2) is 5.78 Å². The Morgan fingerprint density at radius 3 is 2.36 bits per heavy atom. The lowest BCUT2D eigenvalue weighted by atomic mass is 10.1. The van der Waals surface area contributed by atoms with Gasteiger partial charge in [-0.15, -0.1) is 11.6 Å². The minimum Gasteiger partial charge on any atom is -0.298 e. The zero-order valence-corrected chi connectivity index (χ0v) is 7.01. The van der Waals surface area contributed by atoms with E-state index in [-0.39, 0.29) is 5.78 Å². The summed E-state index contributed by atoms with van der Waals surface area (Å²) >= 11 is 5.79. The summed E-state index contributed by atoms with van der Waals surface area (Å²) in [6.45, 7) is 1.49. The van der Waals surface area contributed by atoms with Crippen LogP contribution in [0, 0.1) is 0 Å². The van der Waals surface area contributed by atoms with Crippen LogP contribution >= 0.6 is 11.6 Å². The minimum absolute atomic E-state index is 0.0159. The predicted molar refractivity (Wildman–Crippen MR) is 45.7 cm³/mol. The van der Waals surface area contributed by atoms with Crippen molar-refractivity contribution in [2.75, 3.05) is 0 Å². The highest BCUT2D eigenvalue weighted by Gasteiger charge is 2.11. The Balaban J connectivity index is 2.85. The smallest absolute Gasteiger partial charge is 0.152 e. The van der Waals surface area contributed by atoms with Gasteiger partial charge in [0, 0.05) is 0 Å². The number of Topliss-reactive ketones (excluding diaryl/α,β-unsaturated/α-hetero) is 1. The van der Waals surface area contributed by atoms with Crippen molar-refractivity contribution in [3.63, 3.8) is 0 Å². The zero-order valence-electron chi connectivity index (χ0n) is 6.25. The first kappa shape index (κ1) is 8.28. The van der Waals surface area contributed by atoms with Gasteiger partial charge < -0.3 is 0 Å². The number of halogens is 1. The van der Waals surface area contributed by atoms with E-state index in [2.05, 4.69) is 0 Å². The molecule has 0 heterocycles. The quantitative estimate of drug-likeness (QED) is 0.621. The monoisotopic (exact) mass is 168 g/mol. The first-order valence-electron chi connectivity index (χ1n) is 3.41. The molecule has 58 valence electrons. The summed E-state index contributed by atoms with van der Waals surface area (Å²) in [5, 5.41) is -0.490. The fourth-order valence-corrected chi connectivity index (χ4v) is 1.00. The van der Waals surface area contributed by atoms with Gasteiger partial charge in [0.1, 0.15) is 5.38 Å². The molecule has 0 aliphatic carbocycles. The molecular weight excluding hydrogens is 160 g/mol. The molecule has 0 aliphatic heterocycles. The molecule has 1 nitrogen and oxygen atoms in total. The Labute approximate surface area is 71.0 Å². The average Bonchev–Trinajstić information content (AvgIpc) is 2.05. The van der Waals surface area contributed by atoms with E-state index < -0.39 is 5.38 Å². The van der Waals surface area contributed by atoms with E-state index in [0.29, 0.717) is 0 Å². The zero-order chi connectivity index (χ0) is 8.27. The Morgan fingerprint density at radius 2 is 1.91 bits per heavy atom. The molecule has 0 fully saturated rings. The minimum atomic E-state index is -0.490. The van der Waals surface area contributed by atoms with Gasteiger partial charge in [0.05, 0.1) is 0 Å². The maximum absolute atomic E-state index is 10.8. The van der Waals surface area contributed by atoms with E-state index in [1.165, 1.54) is 6.92 Å². The average molecular weight is 169 g/mol.